The molecule has 0 aromatic heterocycles. The minimum Gasteiger partial charge on any atom is -0.329 e. The standard InChI is InChI=1S/C15H25N3/c1-17-10-5-8-15(13-17)18(11-9-16)12-14-6-3-2-4-7-14/h2-4,6-7,15H,5,8-13,16H2,1H3. The van der Waals surface area contributed by atoms with Gasteiger partial charge in [-0.25, -0.2) is 0 Å². The topological polar surface area (TPSA) is 32.5 Å². The number of likely N-dealkylation sites (tertiary alicyclic amines) is 1. The number of likely N-dealkylation sites (N-methyl/N-ethyl adjacent to an activating group) is 1. The molecule has 1 aliphatic rings. The minimum absolute atomic E-state index is 0.660. The lowest BCUT2D eigenvalue weighted by atomic mass is 10.0. The molecule has 0 radical (unpaired) electrons. The fourth-order valence-electron chi connectivity index (χ4n) is 2.81. The lowest BCUT2D eigenvalue weighted by Gasteiger charge is -2.38. The van der Waals surface area contributed by atoms with Gasteiger partial charge in [-0.15, -0.1) is 0 Å². The zero-order chi connectivity index (χ0) is 12.8. The van der Waals surface area contributed by atoms with Crippen molar-refractivity contribution in [2.45, 2.75) is 25.4 Å². The number of nitrogens with zero attached hydrogens (tertiary/aromatic N) is 2. The smallest absolute Gasteiger partial charge is 0.0237 e. The second kappa shape index (κ2) is 6.88. The first kappa shape index (κ1) is 13.5. The summed E-state index contributed by atoms with van der Waals surface area (Å²) >= 11 is 0. The van der Waals surface area contributed by atoms with Gasteiger partial charge < -0.3 is 10.6 Å². The largest absolute Gasteiger partial charge is 0.329 e. The van der Waals surface area contributed by atoms with Crippen LogP contribution in [0.4, 0.5) is 0 Å². The summed E-state index contributed by atoms with van der Waals surface area (Å²) in [7, 11) is 2.22. The van der Waals surface area contributed by atoms with Crippen molar-refractivity contribution in [2.24, 2.45) is 5.73 Å². The van der Waals surface area contributed by atoms with Gasteiger partial charge in [-0.05, 0) is 32.0 Å². The number of hydrogen-bond acceptors (Lipinski definition) is 3. The number of piperidine rings is 1. The van der Waals surface area contributed by atoms with Crippen LogP contribution in [-0.4, -0.2) is 49.1 Å². The van der Waals surface area contributed by atoms with Crippen LogP contribution in [0.25, 0.3) is 0 Å². The van der Waals surface area contributed by atoms with E-state index in [0.29, 0.717) is 6.04 Å². The highest BCUT2D eigenvalue weighted by Crippen LogP contribution is 2.17. The maximum Gasteiger partial charge on any atom is 0.0237 e. The summed E-state index contributed by atoms with van der Waals surface area (Å²) in [5, 5.41) is 0. The third-order valence-corrected chi connectivity index (χ3v) is 3.76. The number of rotatable bonds is 5. The van der Waals surface area contributed by atoms with Crippen molar-refractivity contribution >= 4 is 0 Å². The van der Waals surface area contributed by atoms with E-state index in [1.54, 1.807) is 0 Å². The Morgan fingerprint density at radius 2 is 2.11 bits per heavy atom. The fourth-order valence-corrected chi connectivity index (χ4v) is 2.81. The van der Waals surface area contributed by atoms with Crippen LogP contribution in [0.3, 0.4) is 0 Å². The fraction of sp³-hybridized carbons (Fsp3) is 0.600. The Morgan fingerprint density at radius 3 is 2.78 bits per heavy atom. The van der Waals surface area contributed by atoms with Gasteiger partial charge in [-0.3, -0.25) is 4.90 Å². The van der Waals surface area contributed by atoms with Crippen molar-refractivity contribution in [3.8, 4) is 0 Å². The van der Waals surface area contributed by atoms with Gasteiger partial charge in [-0.1, -0.05) is 30.3 Å². The SMILES string of the molecule is CN1CCCC(N(CCN)Cc2ccccc2)C1. The molecule has 1 saturated heterocycles. The van der Waals surface area contributed by atoms with E-state index in [4.69, 9.17) is 5.73 Å². The second-order valence-corrected chi connectivity index (χ2v) is 5.30. The van der Waals surface area contributed by atoms with Crippen molar-refractivity contribution in [2.75, 3.05) is 33.2 Å². The Morgan fingerprint density at radius 1 is 1.33 bits per heavy atom. The van der Waals surface area contributed by atoms with Gasteiger partial charge in [0.25, 0.3) is 0 Å². The van der Waals surface area contributed by atoms with E-state index in [9.17, 15) is 0 Å². The Labute approximate surface area is 111 Å². The number of benzene rings is 1. The lowest BCUT2D eigenvalue weighted by Crippen LogP contribution is -2.47. The zero-order valence-corrected chi connectivity index (χ0v) is 11.4. The Kier molecular flexibility index (Phi) is 5.17. The van der Waals surface area contributed by atoms with Gasteiger partial charge in [-0.2, -0.15) is 0 Å². The van der Waals surface area contributed by atoms with E-state index in [1.807, 2.05) is 0 Å². The highest BCUT2D eigenvalue weighted by Gasteiger charge is 2.23. The predicted molar refractivity (Wildman–Crippen MR) is 76.4 cm³/mol. The summed E-state index contributed by atoms with van der Waals surface area (Å²) < 4.78 is 0. The molecule has 3 heteroatoms. The summed E-state index contributed by atoms with van der Waals surface area (Å²) in [6.45, 7) is 5.17. The molecule has 1 aliphatic heterocycles. The van der Waals surface area contributed by atoms with Crippen LogP contribution in [0.5, 0.6) is 0 Å². The molecule has 1 aromatic carbocycles. The molecular formula is C15H25N3. The summed E-state index contributed by atoms with van der Waals surface area (Å²) in [6.07, 6.45) is 2.61. The summed E-state index contributed by atoms with van der Waals surface area (Å²) in [5.74, 6) is 0. The lowest BCUT2D eigenvalue weighted by molar-refractivity contribution is 0.108. The molecule has 1 aromatic rings. The van der Waals surface area contributed by atoms with Gasteiger partial charge in [0.2, 0.25) is 0 Å². The Hall–Kier alpha value is -0.900. The first-order valence-corrected chi connectivity index (χ1v) is 6.96. The normalized spacial score (nSPS) is 21.4. The van der Waals surface area contributed by atoms with Gasteiger partial charge in [0.15, 0.2) is 0 Å². The van der Waals surface area contributed by atoms with Crippen molar-refractivity contribution in [3.63, 3.8) is 0 Å². The molecule has 18 heavy (non-hydrogen) atoms. The van der Waals surface area contributed by atoms with Crippen molar-refractivity contribution in [3.05, 3.63) is 35.9 Å². The molecule has 0 aliphatic carbocycles. The van der Waals surface area contributed by atoms with E-state index >= 15 is 0 Å². The summed E-state index contributed by atoms with van der Waals surface area (Å²) in [4.78, 5) is 4.98. The molecule has 2 N–H and O–H groups in total. The van der Waals surface area contributed by atoms with Crippen LogP contribution >= 0.6 is 0 Å². The van der Waals surface area contributed by atoms with E-state index in [-0.39, 0.29) is 0 Å². The van der Waals surface area contributed by atoms with Crippen LogP contribution in [0.15, 0.2) is 30.3 Å². The molecule has 0 amide bonds. The summed E-state index contributed by atoms with van der Waals surface area (Å²) in [5.41, 5.74) is 7.16. The molecule has 100 valence electrons. The van der Waals surface area contributed by atoms with Crippen LogP contribution in [0.1, 0.15) is 18.4 Å². The highest BCUT2D eigenvalue weighted by molar-refractivity contribution is 5.14. The molecule has 1 fully saturated rings. The highest BCUT2D eigenvalue weighted by atomic mass is 15.2. The van der Waals surface area contributed by atoms with Crippen molar-refractivity contribution in [1.82, 2.24) is 9.80 Å². The van der Waals surface area contributed by atoms with Crippen LogP contribution in [0.2, 0.25) is 0 Å². The molecular weight excluding hydrogens is 222 g/mol. The quantitative estimate of drug-likeness (QED) is 0.856. The molecule has 2 rings (SSSR count). The third-order valence-electron chi connectivity index (χ3n) is 3.76. The summed E-state index contributed by atoms with van der Waals surface area (Å²) in [6, 6.07) is 11.4. The molecule has 1 heterocycles. The maximum absolute atomic E-state index is 5.77. The van der Waals surface area contributed by atoms with Crippen LogP contribution in [0, 0.1) is 0 Å². The number of hydrogen-bond donors (Lipinski definition) is 1. The zero-order valence-electron chi connectivity index (χ0n) is 11.4. The van der Waals surface area contributed by atoms with Gasteiger partial charge in [0.05, 0.1) is 0 Å². The first-order valence-electron chi connectivity index (χ1n) is 6.96. The van der Waals surface area contributed by atoms with Gasteiger partial charge in [0, 0.05) is 32.2 Å². The molecule has 1 atom stereocenters. The molecule has 1 unspecified atom stereocenters. The Bertz CT molecular complexity index is 339. The number of nitrogens with two attached hydrogens (primary N) is 1. The molecule has 3 nitrogen and oxygen atoms in total. The monoisotopic (exact) mass is 247 g/mol. The molecule has 0 saturated carbocycles. The molecule has 0 spiro atoms. The van der Waals surface area contributed by atoms with Crippen LogP contribution < -0.4 is 5.73 Å². The van der Waals surface area contributed by atoms with E-state index in [0.717, 1.165) is 19.6 Å². The second-order valence-electron chi connectivity index (χ2n) is 5.30. The minimum atomic E-state index is 0.660. The Balaban J connectivity index is 1.98. The third kappa shape index (κ3) is 3.80. The predicted octanol–water partition coefficient (Wildman–Crippen LogP) is 1.54. The van der Waals surface area contributed by atoms with E-state index < -0.39 is 0 Å². The van der Waals surface area contributed by atoms with Crippen LogP contribution in [-0.2, 0) is 6.54 Å². The molecule has 0 bridgehead atoms. The maximum atomic E-state index is 5.77. The first-order chi connectivity index (χ1) is 8.79. The average molecular weight is 247 g/mol. The van der Waals surface area contributed by atoms with Gasteiger partial charge in [0.1, 0.15) is 0 Å². The average Bonchev–Trinajstić information content (AvgIpc) is 2.39. The van der Waals surface area contributed by atoms with E-state index in [2.05, 4.69) is 47.2 Å². The van der Waals surface area contributed by atoms with Gasteiger partial charge >= 0.3 is 0 Å². The van der Waals surface area contributed by atoms with Crippen molar-refractivity contribution in [1.29, 1.82) is 0 Å². The van der Waals surface area contributed by atoms with Crippen molar-refractivity contribution < 1.29 is 0 Å². The van der Waals surface area contributed by atoms with E-state index in [1.165, 1.54) is 31.5 Å².